The largest absolute Gasteiger partial charge is 0.316 e. The minimum Gasteiger partial charge on any atom is -0.316 e. The fraction of sp³-hybridized carbons (Fsp3) is 0.500. The molecule has 0 bridgehead atoms. The maximum atomic E-state index is 11.9. The second-order valence-corrected chi connectivity index (χ2v) is 6.62. The summed E-state index contributed by atoms with van der Waals surface area (Å²) in [5.74, 6) is 0.241. The monoisotopic (exact) mass is 275 g/mol. The van der Waals surface area contributed by atoms with Crippen LogP contribution in [0.3, 0.4) is 0 Å². The predicted octanol–water partition coefficient (Wildman–Crippen LogP) is 2.25. The molecule has 1 aromatic carbocycles. The molecule has 0 aliphatic carbocycles. The zero-order valence-electron chi connectivity index (χ0n) is 10.1. The van der Waals surface area contributed by atoms with Gasteiger partial charge in [0.15, 0.2) is 9.84 Å². The third-order valence-electron chi connectivity index (χ3n) is 2.66. The summed E-state index contributed by atoms with van der Waals surface area (Å²) in [6, 6.07) is 6.94. The third kappa shape index (κ3) is 5.06. The quantitative estimate of drug-likeness (QED) is 0.866. The Morgan fingerprint density at radius 2 is 1.88 bits per heavy atom. The number of rotatable bonds is 6. The zero-order chi connectivity index (χ0) is 12.9. The maximum Gasteiger partial charge on any atom is 0.155 e. The molecule has 1 atom stereocenters. The van der Waals surface area contributed by atoms with Crippen LogP contribution in [0.2, 0.25) is 5.02 Å². The van der Waals surface area contributed by atoms with Crippen LogP contribution in [0.5, 0.6) is 0 Å². The van der Waals surface area contributed by atoms with Gasteiger partial charge in [-0.2, -0.15) is 0 Å². The number of halogens is 1. The third-order valence-corrected chi connectivity index (χ3v) is 4.59. The van der Waals surface area contributed by atoms with Crippen molar-refractivity contribution in [3.8, 4) is 0 Å². The number of nitrogens with one attached hydrogen (secondary N) is 1. The van der Waals surface area contributed by atoms with E-state index >= 15 is 0 Å². The maximum absolute atomic E-state index is 11.9. The zero-order valence-corrected chi connectivity index (χ0v) is 11.7. The van der Waals surface area contributed by atoms with Gasteiger partial charge in [0, 0.05) is 11.1 Å². The highest BCUT2D eigenvalue weighted by Gasteiger charge is 2.17. The van der Waals surface area contributed by atoms with Crippen LogP contribution in [0.15, 0.2) is 24.3 Å². The Morgan fingerprint density at radius 3 is 2.35 bits per heavy atom. The standard InChI is InChI=1S/C12H18ClNO2S/c1-3-12(14-2)9-17(15,16)8-10-4-6-11(13)7-5-10/h4-7,12,14H,3,8-9H2,1-2H3. The van der Waals surface area contributed by atoms with Crippen molar-refractivity contribution >= 4 is 21.4 Å². The average molecular weight is 276 g/mol. The molecule has 3 nitrogen and oxygen atoms in total. The van der Waals surface area contributed by atoms with E-state index in [0.29, 0.717) is 5.02 Å². The molecule has 0 radical (unpaired) electrons. The van der Waals surface area contributed by atoms with Crippen molar-refractivity contribution in [1.82, 2.24) is 5.32 Å². The lowest BCUT2D eigenvalue weighted by Gasteiger charge is -2.13. The molecule has 5 heteroatoms. The molecule has 0 amide bonds. The lowest BCUT2D eigenvalue weighted by molar-refractivity contribution is 0.555. The number of sulfone groups is 1. The van der Waals surface area contributed by atoms with Gasteiger partial charge in [-0.1, -0.05) is 30.7 Å². The van der Waals surface area contributed by atoms with Crippen LogP contribution in [0.1, 0.15) is 18.9 Å². The Balaban J connectivity index is 2.69. The van der Waals surface area contributed by atoms with Crippen LogP contribution in [0.4, 0.5) is 0 Å². The normalized spacial score (nSPS) is 13.6. The Hall–Kier alpha value is -0.580. The molecule has 0 heterocycles. The highest BCUT2D eigenvalue weighted by atomic mass is 35.5. The molecule has 1 aromatic rings. The van der Waals surface area contributed by atoms with E-state index in [4.69, 9.17) is 11.6 Å². The van der Waals surface area contributed by atoms with Crippen molar-refractivity contribution in [2.24, 2.45) is 0 Å². The Kier molecular flexibility index (Phi) is 5.43. The van der Waals surface area contributed by atoms with Crippen LogP contribution in [-0.2, 0) is 15.6 Å². The molecule has 0 spiro atoms. The van der Waals surface area contributed by atoms with Gasteiger partial charge >= 0.3 is 0 Å². The van der Waals surface area contributed by atoms with Crippen LogP contribution < -0.4 is 5.32 Å². The molecule has 17 heavy (non-hydrogen) atoms. The molecule has 1 unspecified atom stereocenters. The Bertz CT molecular complexity index is 438. The molecule has 0 saturated heterocycles. The van der Waals surface area contributed by atoms with Crippen LogP contribution in [0, 0.1) is 0 Å². The first-order chi connectivity index (χ1) is 7.96. The van der Waals surface area contributed by atoms with Gasteiger partial charge in [0.1, 0.15) is 0 Å². The molecule has 0 fully saturated rings. The Morgan fingerprint density at radius 1 is 1.29 bits per heavy atom. The van der Waals surface area contributed by atoms with Crippen LogP contribution >= 0.6 is 11.6 Å². The lowest BCUT2D eigenvalue weighted by atomic mass is 10.2. The topological polar surface area (TPSA) is 46.2 Å². The fourth-order valence-electron chi connectivity index (χ4n) is 1.61. The highest BCUT2D eigenvalue weighted by Crippen LogP contribution is 2.13. The molecule has 1 rings (SSSR count). The van der Waals surface area contributed by atoms with Crippen molar-refractivity contribution < 1.29 is 8.42 Å². The van der Waals surface area contributed by atoms with Crippen LogP contribution in [-0.4, -0.2) is 27.3 Å². The van der Waals surface area contributed by atoms with E-state index in [2.05, 4.69) is 5.32 Å². The lowest BCUT2D eigenvalue weighted by Crippen LogP contribution is -2.32. The van der Waals surface area contributed by atoms with Gasteiger partial charge in [0.2, 0.25) is 0 Å². The average Bonchev–Trinajstić information content (AvgIpc) is 2.29. The molecular weight excluding hydrogens is 258 g/mol. The van der Waals surface area contributed by atoms with Gasteiger partial charge in [-0.05, 0) is 31.2 Å². The first-order valence-electron chi connectivity index (χ1n) is 5.59. The van der Waals surface area contributed by atoms with Gasteiger partial charge in [-0.25, -0.2) is 8.42 Å². The minimum absolute atomic E-state index is 0.0206. The van der Waals surface area contributed by atoms with Crippen molar-refractivity contribution in [2.45, 2.75) is 25.1 Å². The summed E-state index contributed by atoms with van der Waals surface area (Å²) in [4.78, 5) is 0. The van der Waals surface area contributed by atoms with Gasteiger partial charge < -0.3 is 5.32 Å². The summed E-state index contributed by atoms with van der Waals surface area (Å²) in [5.41, 5.74) is 0.778. The highest BCUT2D eigenvalue weighted by molar-refractivity contribution is 7.90. The van der Waals surface area contributed by atoms with E-state index in [1.54, 1.807) is 31.3 Å². The predicted molar refractivity (Wildman–Crippen MR) is 72.1 cm³/mol. The summed E-state index contributed by atoms with van der Waals surface area (Å²) in [7, 11) is -1.29. The van der Waals surface area contributed by atoms with E-state index in [0.717, 1.165) is 12.0 Å². The SMILES string of the molecule is CCC(CS(=O)(=O)Cc1ccc(Cl)cc1)NC. The van der Waals surface area contributed by atoms with E-state index in [1.165, 1.54) is 0 Å². The summed E-state index contributed by atoms with van der Waals surface area (Å²) in [6.07, 6.45) is 0.802. The van der Waals surface area contributed by atoms with Crippen molar-refractivity contribution in [3.05, 3.63) is 34.9 Å². The van der Waals surface area contributed by atoms with E-state index in [-0.39, 0.29) is 17.5 Å². The second-order valence-electron chi connectivity index (χ2n) is 4.07. The summed E-state index contributed by atoms with van der Waals surface area (Å²) >= 11 is 5.75. The van der Waals surface area contributed by atoms with Crippen molar-refractivity contribution in [2.75, 3.05) is 12.8 Å². The van der Waals surface area contributed by atoms with Gasteiger partial charge in [-0.3, -0.25) is 0 Å². The number of hydrogen-bond acceptors (Lipinski definition) is 3. The minimum atomic E-state index is -3.08. The molecule has 0 aliphatic heterocycles. The first-order valence-corrected chi connectivity index (χ1v) is 7.79. The fourth-order valence-corrected chi connectivity index (χ4v) is 3.56. The second kappa shape index (κ2) is 6.38. The smallest absolute Gasteiger partial charge is 0.155 e. The summed E-state index contributed by atoms with van der Waals surface area (Å²) in [6.45, 7) is 1.97. The van der Waals surface area contributed by atoms with E-state index in [9.17, 15) is 8.42 Å². The first kappa shape index (κ1) is 14.5. The van der Waals surface area contributed by atoms with Crippen molar-refractivity contribution in [1.29, 1.82) is 0 Å². The van der Waals surface area contributed by atoms with E-state index < -0.39 is 9.84 Å². The summed E-state index contributed by atoms with van der Waals surface area (Å²) in [5, 5.41) is 3.62. The molecule has 0 saturated carbocycles. The Labute approximate surface area is 108 Å². The molecule has 96 valence electrons. The number of hydrogen-bond donors (Lipinski definition) is 1. The molecular formula is C12H18ClNO2S. The molecule has 0 aliphatic rings. The van der Waals surface area contributed by atoms with Crippen LogP contribution in [0.25, 0.3) is 0 Å². The number of benzene rings is 1. The molecule has 1 N–H and O–H groups in total. The van der Waals surface area contributed by atoms with Gasteiger partial charge in [0.25, 0.3) is 0 Å². The van der Waals surface area contributed by atoms with Crippen molar-refractivity contribution in [3.63, 3.8) is 0 Å². The van der Waals surface area contributed by atoms with Gasteiger partial charge in [-0.15, -0.1) is 0 Å². The molecule has 0 aromatic heterocycles. The summed E-state index contributed by atoms with van der Waals surface area (Å²) < 4.78 is 23.9. The van der Waals surface area contributed by atoms with Gasteiger partial charge in [0.05, 0.1) is 11.5 Å². The van der Waals surface area contributed by atoms with E-state index in [1.807, 2.05) is 6.92 Å².